The smallest absolute Gasteiger partial charge is 0.261 e. The van der Waals surface area contributed by atoms with Gasteiger partial charge in [0.25, 0.3) is 6.43 Å². The van der Waals surface area contributed by atoms with E-state index in [1.54, 1.807) is 0 Å². The Kier molecular flexibility index (Phi) is 8.35. The van der Waals surface area contributed by atoms with E-state index < -0.39 is 83.7 Å². The predicted octanol–water partition coefficient (Wildman–Crippen LogP) is 4.23. The number of amides is 2. The van der Waals surface area contributed by atoms with Crippen LogP contribution in [0.5, 0.6) is 0 Å². The van der Waals surface area contributed by atoms with Gasteiger partial charge >= 0.3 is 0 Å². The van der Waals surface area contributed by atoms with Crippen LogP contribution in [-0.2, 0) is 14.3 Å². The molecule has 37 heavy (non-hydrogen) atoms. The Morgan fingerprint density at radius 3 is 2.49 bits per heavy atom. The summed E-state index contributed by atoms with van der Waals surface area (Å²) in [5.41, 5.74) is -2.68. The molecule has 0 heterocycles. The molecule has 4 rings (SSSR count). The molecule has 3 N–H and O–H groups in total. The van der Waals surface area contributed by atoms with Gasteiger partial charge in [-0.05, 0) is 62.5 Å². The van der Waals surface area contributed by atoms with Crippen LogP contribution in [-0.4, -0.2) is 54.9 Å². The topological polar surface area (TPSA) is 87.7 Å². The summed E-state index contributed by atoms with van der Waals surface area (Å²) in [4.78, 5) is 25.1. The molecular weight excluding hydrogens is 523 g/mol. The van der Waals surface area contributed by atoms with Crippen LogP contribution in [0.2, 0.25) is 5.02 Å². The Hall–Kier alpha value is -1.98. The van der Waals surface area contributed by atoms with Crippen LogP contribution >= 0.6 is 11.6 Å². The van der Waals surface area contributed by atoms with Gasteiger partial charge in [-0.1, -0.05) is 11.6 Å². The lowest BCUT2D eigenvalue weighted by atomic mass is 9.74. The molecule has 3 saturated carbocycles. The van der Waals surface area contributed by atoms with E-state index in [9.17, 15) is 27.9 Å². The van der Waals surface area contributed by atoms with Crippen LogP contribution in [0.1, 0.15) is 56.6 Å². The van der Waals surface area contributed by atoms with Gasteiger partial charge in [-0.25, -0.2) is 22.0 Å². The number of hydrogen-bond donors (Lipinski definition) is 3. The molecule has 4 atom stereocenters. The highest BCUT2D eigenvalue weighted by atomic mass is 35.5. The van der Waals surface area contributed by atoms with Gasteiger partial charge in [-0.15, -0.1) is 0 Å². The van der Waals surface area contributed by atoms with Crippen LogP contribution in [0.4, 0.5) is 22.0 Å². The monoisotopic (exact) mass is 552 g/mol. The number of aliphatic hydroxyl groups is 1. The zero-order valence-corrected chi connectivity index (χ0v) is 20.8. The number of alkyl halides is 3. The van der Waals surface area contributed by atoms with Gasteiger partial charge in [0.2, 0.25) is 11.8 Å². The van der Waals surface area contributed by atoms with Gasteiger partial charge in [0.1, 0.15) is 30.5 Å². The molecule has 1 aromatic carbocycles. The molecule has 0 saturated heterocycles. The average Bonchev–Trinajstić information content (AvgIpc) is 3.50. The normalized spacial score (nSPS) is 31.6. The first-order valence-electron chi connectivity index (χ1n) is 12.4. The average molecular weight is 553 g/mol. The molecule has 0 aromatic heterocycles. The van der Waals surface area contributed by atoms with E-state index in [-0.39, 0.29) is 43.7 Å². The number of halogens is 6. The Morgan fingerprint density at radius 2 is 1.86 bits per heavy atom. The summed E-state index contributed by atoms with van der Waals surface area (Å²) in [5, 5.41) is 15.4. The maximum Gasteiger partial charge on any atom is 0.261 e. The van der Waals surface area contributed by atoms with Crippen LogP contribution in [0.25, 0.3) is 0 Å². The van der Waals surface area contributed by atoms with E-state index in [4.69, 9.17) is 11.6 Å². The maximum atomic E-state index is 15.1. The molecule has 3 fully saturated rings. The van der Waals surface area contributed by atoms with E-state index in [2.05, 4.69) is 15.4 Å². The lowest BCUT2D eigenvalue weighted by Crippen LogP contribution is -2.42. The van der Waals surface area contributed by atoms with Gasteiger partial charge in [0.05, 0.1) is 17.2 Å². The molecular formula is C25H30ClF5N2O4. The third kappa shape index (κ3) is 6.04. The summed E-state index contributed by atoms with van der Waals surface area (Å²) in [5.74, 6) is -4.26. The summed E-state index contributed by atoms with van der Waals surface area (Å²) >= 11 is 5.93. The van der Waals surface area contributed by atoms with Gasteiger partial charge in [0.15, 0.2) is 0 Å². The first-order valence-corrected chi connectivity index (χ1v) is 12.7. The number of hydrogen-bond acceptors (Lipinski definition) is 4. The highest BCUT2D eigenvalue weighted by molar-refractivity contribution is 6.30. The van der Waals surface area contributed by atoms with E-state index in [0.717, 1.165) is 12.1 Å². The molecule has 3 aliphatic rings. The molecule has 206 valence electrons. The molecule has 2 amide bonds. The maximum absolute atomic E-state index is 15.1. The lowest BCUT2D eigenvalue weighted by molar-refractivity contribution is -0.127. The quantitative estimate of drug-likeness (QED) is 0.299. The second-order valence-electron chi connectivity index (χ2n) is 10.6. The van der Waals surface area contributed by atoms with Crippen LogP contribution < -0.4 is 10.6 Å². The van der Waals surface area contributed by atoms with Crippen molar-refractivity contribution in [2.45, 2.75) is 69.2 Å². The first-order chi connectivity index (χ1) is 17.4. The highest BCUT2D eigenvalue weighted by Crippen LogP contribution is 2.63. The summed E-state index contributed by atoms with van der Waals surface area (Å²) in [7, 11) is 0. The van der Waals surface area contributed by atoms with Crippen LogP contribution in [0.3, 0.4) is 0 Å². The fourth-order valence-electron chi connectivity index (χ4n) is 6.24. The number of carbonyl (C=O) groups is 2. The van der Waals surface area contributed by atoms with E-state index in [0.29, 0.717) is 12.8 Å². The first kappa shape index (κ1) is 28.0. The summed E-state index contributed by atoms with van der Waals surface area (Å²) in [6, 6.07) is 0.966. The van der Waals surface area contributed by atoms with Crippen molar-refractivity contribution in [1.29, 1.82) is 0 Å². The number of ether oxygens (including phenoxy) is 1. The minimum atomic E-state index is -2.70. The van der Waals surface area contributed by atoms with E-state index in [1.165, 1.54) is 0 Å². The minimum absolute atomic E-state index is 0.00287. The summed E-state index contributed by atoms with van der Waals surface area (Å²) < 4.78 is 73.9. The SMILES string of the molecule is O=C(COCC(F)F)NC[C@H]1C[C@H](C(=O)N[C@H](c2c(F)ccc(Cl)c2F)C23CCC(F)(CC2)C3)C[C@H]1O. The molecule has 12 heteroatoms. The van der Waals surface area contributed by atoms with E-state index >= 15 is 8.78 Å². The predicted molar refractivity (Wildman–Crippen MR) is 124 cm³/mol. The zero-order valence-electron chi connectivity index (χ0n) is 20.1. The number of benzene rings is 1. The van der Waals surface area contributed by atoms with Crippen molar-refractivity contribution in [1.82, 2.24) is 10.6 Å². The Morgan fingerprint density at radius 1 is 1.16 bits per heavy atom. The standard InChI is InChI=1S/C25H30ClF5N2O4/c26-15-1-2-16(27)20(21(15)30)22(24-3-5-25(31,12-24)6-4-24)33-23(36)13-7-14(17(34)8-13)9-32-19(35)11-37-10-18(28)29/h1-2,13-14,17-18,22,34H,3-12H2,(H,32,35)(H,33,36)/t13-,14+,17+,22+,24?,25?/m0/s1. The Labute approximate surface area is 216 Å². The molecule has 6 nitrogen and oxygen atoms in total. The molecule has 0 unspecified atom stereocenters. The minimum Gasteiger partial charge on any atom is -0.393 e. The number of aliphatic hydroxyl groups excluding tert-OH is 1. The van der Waals surface area contributed by atoms with Gasteiger partial charge in [-0.3, -0.25) is 9.59 Å². The van der Waals surface area contributed by atoms with Crippen molar-refractivity contribution < 1.29 is 41.4 Å². The Balaban J connectivity index is 1.44. The third-order valence-corrected chi connectivity index (χ3v) is 8.44. The molecule has 0 spiro atoms. The summed E-state index contributed by atoms with van der Waals surface area (Å²) in [6.45, 7) is -1.44. The second kappa shape index (κ2) is 11.0. The largest absolute Gasteiger partial charge is 0.393 e. The fraction of sp³-hybridized carbons (Fsp3) is 0.680. The van der Waals surface area contributed by atoms with Crippen molar-refractivity contribution in [2.24, 2.45) is 17.3 Å². The molecule has 0 aliphatic heterocycles. The van der Waals surface area contributed by atoms with Crippen LogP contribution in [0.15, 0.2) is 12.1 Å². The Bertz CT molecular complexity index is 1020. The summed E-state index contributed by atoms with van der Waals surface area (Å²) in [6.07, 6.45) is -2.12. The molecule has 2 bridgehead atoms. The molecule has 1 aromatic rings. The van der Waals surface area contributed by atoms with Gasteiger partial charge in [-0.2, -0.15) is 0 Å². The number of fused-ring (bicyclic) bond motifs is 2. The van der Waals surface area contributed by atoms with Crippen molar-refractivity contribution in [3.8, 4) is 0 Å². The van der Waals surface area contributed by atoms with Gasteiger partial charge < -0.3 is 20.5 Å². The lowest BCUT2D eigenvalue weighted by Gasteiger charge is -2.37. The van der Waals surface area contributed by atoms with Crippen molar-refractivity contribution in [3.05, 3.63) is 34.4 Å². The van der Waals surface area contributed by atoms with Crippen molar-refractivity contribution in [2.75, 3.05) is 19.8 Å². The molecule has 0 radical (unpaired) electrons. The van der Waals surface area contributed by atoms with Crippen molar-refractivity contribution in [3.63, 3.8) is 0 Å². The number of carbonyl (C=O) groups excluding carboxylic acids is 2. The van der Waals surface area contributed by atoms with Crippen LogP contribution in [0, 0.1) is 28.9 Å². The second-order valence-corrected chi connectivity index (χ2v) is 11.0. The number of nitrogens with one attached hydrogen (secondary N) is 2. The fourth-order valence-corrected chi connectivity index (χ4v) is 6.41. The highest BCUT2D eigenvalue weighted by Gasteiger charge is 2.59. The zero-order chi connectivity index (χ0) is 27.0. The van der Waals surface area contributed by atoms with Crippen molar-refractivity contribution >= 4 is 23.4 Å². The van der Waals surface area contributed by atoms with Gasteiger partial charge in [0, 0.05) is 23.9 Å². The van der Waals surface area contributed by atoms with E-state index in [1.807, 2.05) is 0 Å². The third-order valence-electron chi connectivity index (χ3n) is 8.14. The molecule has 3 aliphatic carbocycles. The number of rotatable bonds is 10.